The van der Waals surface area contributed by atoms with Gasteiger partial charge in [0.15, 0.2) is 5.16 Å². The first-order valence-electron chi connectivity index (χ1n) is 11.5. The van der Waals surface area contributed by atoms with E-state index in [1.165, 1.54) is 0 Å². The van der Waals surface area contributed by atoms with E-state index in [0.717, 1.165) is 34.0 Å². The quantitative estimate of drug-likeness (QED) is 0.228. The Morgan fingerprint density at radius 1 is 0.917 bits per heavy atom. The Bertz CT molecular complexity index is 1690. The first kappa shape index (κ1) is 22.2. The van der Waals surface area contributed by atoms with Crippen molar-refractivity contribution in [3.63, 3.8) is 0 Å². The van der Waals surface area contributed by atoms with Gasteiger partial charge in [0.25, 0.3) is 5.56 Å². The Morgan fingerprint density at radius 3 is 2.58 bits per heavy atom. The van der Waals surface area contributed by atoms with Crippen molar-refractivity contribution < 1.29 is 4.52 Å². The molecule has 0 saturated carbocycles. The molecule has 0 saturated heterocycles. The van der Waals surface area contributed by atoms with E-state index in [4.69, 9.17) is 4.52 Å². The van der Waals surface area contributed by atoms with E-state index in [9.17, 15) is 4.79 Å². The number of benzene rings is 2. The lowest BCUT2D eigenvalue weighted by Crippen LogP contribution is -2.24. The van der Waals surface area contributed by atoms with Gasteiger partial charge in [-0.3, -0.25) is 18.7 Å². The van der Waals surface area contributed by atoms with Crippen molar-refractivity contribution in [2.24, 2.45) is 0 Å². The van der Waals surface area contributed by atoms with Gasteiger partial charge in [-0.15, -0.1) is 10.2 Å². The van der Waals surface area contributed by atoms with Crippen LogP contribution in [0, 0.1) is 0 Å². The van der Waals surface area contributed by atoms with Crippen LogP contribution in [0.1, 0.15) is 17.9 Å². The first-order valence-corrected chi connectivity index (χ1v) is 12.5. The Labute approximate surface area is 209 Å². The summed E-state index contributed by atoms with van der Waals surface area (Å²) in [4.78, 5) is 21.8. The van der Waals surface area contributed by atoms with Crippen molar-refractivity contribution in [3.05, 3.63) is 101 Å². The largest absolute Gasteiger partial charge is 0.339 e. The second-order valence-electron chi connectivity index (χ2n) is 8.21. The lowest BCUT2D eigenvalue weighted by atomic mass is 10.2. The summed E-state index contributed by atoms with van der Waals surface area (Å²) in [5, 5.41) is 14.3. The van der Waals surface area contributed by atoms with E-state index in [1.807, 2.05) is 71.1 Å². The molecule has 9 nitrogen and oxygen atoms in total. The molecule has 0 aliphatic heterocycles. The number of rotatable bonds is 8. The maximum Gasteiger partial charge on any atom is 0.263 e. The van der Waals surface area contributed by atoms with Gasteiger partial charge in [-0.05, 0) is 36.2 Å². The fourth-order valence-electron chi connectivity index (χ4n) is 4.10. The molecule has 4 aromatic heterocycles. The van der Waals surface area contributed by atoms with Crippen LogP contribution in [0.4, 0.5) is 0 Å². The third-order valence-electron chi connectivity index (χ3n) is 5.83. The van der Waals surface area contributed by atoms with Crippen LogP contribution in [0.15, 0.2) is 93.6 Å². The minimum Gasteiger partial charge on any atom is -0.339 e. The number of fused-ring (bicyclic) bond motifs is 3. The fourth-order valence-corrected chi connectivity index (χ4v) is 4.98. The third kappa shape index (κ3) is 4.27. The van der Waals surface area contributed by atoms with Crippen molar-refractivity contribution >= 4 is 28.4 Å². The fraction of sp³-hybridized carbons (Fsp3) is 0.154. The number of pyridine rings is 1. The maximum atomic E-state index is 13.3. The van der Waals surface area contributed by atoms with Gasteiger partial charge in [0.2, 0.25) is 17.5 Å². The summed E-state index contributed by atoms with van der Waals surface area (Å²) in [5.74, 6) is 2.46. The molecular weight excluding hydrogens is 474 g/mol. The van der Waals surface area contributed by atoms with Crippen molar-refractivity contribution in [2.45, 2.75) is 24.5 Å². The zero-order valence-electron chi connectivity index (χ0n) is 19.2. The molecule has 0 fully saturated rings. The molecule has 4 heterocycles. The molecule has 0 bridgehead atoms. The van der Waals surface area contributed by atoms with Crippen LogP contribution in [0.25, 0.3) is 28.1 Å². The van der Waals surface area contributed by atoms with Crippen LogP contribution in [0.5, 0.6) is 0 Å². The van der Waals surface area contributed by atoms with Gasteiger partial charge in [-0.1, -0.05) is 59.4 Å². The van der Waals surface area contributed by atoms with Crippen LogP contribution < -0.4 is 5.56 Å². The van der Waals surface area contributed by atoms with E-state index in [0.29, 0.717) is 35.8 Å². The summed E-state index contributed by atoms with van der Waals surface area (Å²) in [5.41, 5.74) is 2.62. The van der Waals surface area contributed by atoms with Crippen LogP contribution in [-0.4, -0.2) is 40.0 Å². The highest BCUT2D eigenvalue weighted by Crippen LogP contribution is 2.23. The standard InChI is InChI=1S/C26H21N7O2S/c34-24-20-9-4-5-10-21(20)33-25(32(24)17-18-7-2-1-3-8-18)29-30-26(33)36-16-6-11-22-28-23(31-35-22)19-12-14-27-15-13-19/h1-5,7-10,12-15H,6,11,16-17H2. The lowest BCUT2D eigenvalue weighted by molar-refractivity contribution is 0.378. The highest BCUT2D eigenvalue weighted by molar-refractivity contribution is 7.99. The Hall–Kier alpha value is -4.31. The molecule has 178 valence electrons. The topological polar surface area (TPSA) is 104 Å². The van der Waals surface area contributed by atoms with Crippen molar-refractivity contribution in [1.29, 1.82) is 0 Å². The second-order valence-corrected chi connectivity index (χ2v) is 9.27. The highest BCUT2D eigenvalue weighted by Gasteiger charge is 2.17. The molecular formula is C26H21N7O2S. The number of hydrogen-bond acceptors (Lipinski definition) is 8. The normalized spacial score (nSPS) is 11.4. The minimum absolute atomic E-state index is 0.0766. The summed E-state index contributed by atoms with van der Waals surface area (Å²) in [6.07, 6.45) is 4.88. The van der Waals surface area contributed by atoms with E-state index < -0.39 is 0 Å². The number of thioether (sulfide) groups is 1. The number of aryl methyl sites for hydroxylation is 1. The molecule has 0 spiro atoms. The average Bonchev–Trinajstić information content (AvgIpc) is 3.58. The molecule has 0 aliphatic rings. The highest BCUT2D eigenvalue weighted by atomic mass is 32.2. The molecule has 10 heteroatoms. The van der Waals surface area contributed by atoms with Gasteiger partial charge in [0.1, 0.15) is 0 Å². The van der Waals surface area contributed by atoms with Crippen LogP contribution in [0.2, 0.25) is 0 Å². The van der Waals surface area contributed by atoms with Crippen molar-refractivity contribution in [2.75, 3.05) is 5.75 Å². The lowest BCUT2D eigenvalue weighted by Gasteiger charge is -2.11. The molecule has 6 rings (SSSR count). The maximum absolute atomic E-state index is 13.3. The number of para-hydroxylation sites is 1. The monoisotopic (exact) mass is 495 g/mol. The van der Waals surface area contributed by atoms with Crippen LogP contribution in [-0.2, 0) is 13.0 Å². The predicted molar refractivity (Wildman–Crippen MR) is 137 cm³/mol. The van der Waals surface area contributed by atoms with Gasteiger partial charge < -0.3 is 4.52 Å². The van der Waals surface area contributed by atoms with Gasteiger partial charge in [-0.2, -0.15) is 4.98 Å². The Balaban J connectivity index is 1.23. The van der Waals surface area contributed by atoms with Crippen molar-refractivity contribution in [3.8, 4) is 11.4 Å². The summed E-state index contributed by atoms with van der Waals surface area (Å²) >= 11 is 1.59. The van der Waals surface area contributed by atoms with Crippen LogP contribution in [0.3, 0.4) is 0 Å². The zero-order chi connectivity index (χ0) is 24.3. The van der Waals surface area contributed by atoms with Crippen LogP contribution >= 0.6 is 11.8 Å². The van der Waals surface area contributed by atoms with Gasteiger partial charge in [0.05, 0.1) is 17.4 Å². The molecule has 2 aromatic carbocycles. The minimum atomic E-state index is -0.0766. The molecule has 36 heavy (non-hydrogen) atoms. The van der Waals surface area contributed by atoms with Gasteiger partial charge in [-0.25, -0.2) is 0 Å². The molecule has 0 unspecified atom stereocenters. The van der Waals surface area contributed by atoms with E-state index in [-0.39, 0.29) is 5.56 Å². The Kier molecular flexibility index (Phi) is 6.00. The average molecular weight is 496 g/mol. The van der Waals surface area contributed by atoms with E-state index in [2.05, 4.69) is 25.3 Å². The molecule has 0 atom stereocenters. The summed E-state index contributed by atoms with van der Waals surface area (Å²) < 4.78 is 9.07. The predicted octanol–water partition coefficient (Wildman–Crippen LogP) is 4.26. The zero-order valence-corrected chi connectivity index (χ0v) is 20.0. The SMILES string of the molecule is O=c1c2ccccc2n2c(SCCCc3nc(-c4ccncc4)no3)nnc2n1Cc1ccccc1. The molecule has 6 aromatic rings. The third-order valence-corrected chi connectivity index (χ3v) is 6.85. The summed E-state index contributed by atoms with van der Waals surface area (Å²) in [6, 6.07) is 21.2. The first-order chi connectivity index (χ1) is 17.8. The van der Waals surface area contributed by atoms with E-state index >= 15 is 0 Å². The molecule has 0 aliphatic carbocycles. The molecule has 0 amide bonds. The second kappa shape index (κ2) is 9.74. The van der Waals surface area contributed by atoms with Gasteiger partial charge >= 0.3 is 0 Å². The van der Waals surface area contributed by atoms with Gasteiger partial charge in [0, 0.05) is 30.1 Å². The molecule has 0 N–H and O–H groups in total. The van der Waals surface area contributed by atoms with Crippen molar-refractivity contribution in [1.82, 2.24) is 34.3 Å². The number of nitrogens with zero attached hydrogens (tertiary/aromatic N) is 7. The molecule has 0 radical (unpaired) electrons. The number of hydrogen-bond donors (Lipinski definition) is 0. The summed E-state index contributed by atoms with van der Waals surface area (Å²) in [6.45, 7) is 0.424. The smallest absolute Gasteiger partial charge is 0.263 e. The number of aromatic nitrogens is 7. The summed E-state index contributed by atoms with van der Waals surface area (Å²) in [7, 11) is 0. The van der Waals surface area contributed by atoms with E-state index in [1.54, 1.807) is 28.7 Å². The Morgan fingerprint density at radius 2 is 1.72 bits per heavy atom.